The van der Waals surface area contributed by atoms with Gasteiger partial charge in [-0.05, 0) is 42.7 Å². The molecule has 0 unspecified atom stereocenters. The number of nitrogens with zero attached hydrogens (tertiary/aromatic N) is 2. The Bertz CT molecular complexity index is 950. The van der Waals surface area contributed by atoms with Crippen molar-refractivity contribution >= 4 is 38.5 Å². The van der Waals surface area contributed by atoms with Gasteiger partial charge in [-0.2, -0.15) is 5.26 Å². The molecule has 5 heteroatoms. The number of nitriles is 1. The maximum Gasteiger partial charge on any atom is 0.136 e. The van der Waals surface area contributed by atoms with Crippen molar-refractivity contribution in [2.24, 2.45) is 0 Å². The van der Waals surface area contributed by atoms with Gasteiger partial charge in [-0.25, -0.2) is 4.98 Å². The molecule has 1 aromatic heterocycles. The standard InChI is InChI=1S/C22H20BrN3S/c1-2-3-4-16-5-11-20(12-6-16)25-14-18(13-24)22-26-21(15-27-22)17-7-9-19(23)10-8-17/h5-12,14-15,25H,2-4H2,1H3/b18-14-. The fourth-order valence-electron chi connectivity index (χ4n) is 2.60. The van der Waals surface area contributed by atoms with Crippen LogP contribution in [-0.2, 0) is 6.42 Å². The molecular formula is C22H20BrN3S. The Morgan fingerprint density at radius 2 is 1.93 bits per heavy atom. The summed E-state index contributed by atoms with van der Waals surface area (Å²) in [7, 11) is 0. The third-order valence-corrected chi connectivity index (χ3v) is 5.56. The van der Waals surface area contributed by atoms with Gasteiger partial charge in [0.1, 0.15) is 16.6 Å². The average molecular weight is 438 g/mol. The minimum atomic E-state index is 0.526. The molecule has 1 N–H and O–H groups in total. The molecule has 0 aliphatic carbocycles. The molecule has 0 saturated carbocycles. The Morgan fingerprint density at radius 3 is 2.59 bits per heavy atom. The van der Waals surface area contributed by atoms with E-state index >= 15 is 0 Å². The number of halogens is 1. The number of thiazole rings is 1. The smallest absolute Gasteiger partial charge is 0.136 e. The average Bonchev–Trinajstić information content (AvgIpc) is 3.18. The highest BCUT2D eigenvalue weighted by molar-refractivity contribution is 9.10. The van der Waals surface area contributed by atoms with Gasteiger partial charge in [0.15, 0.2) is 0 Å². The van der Waals surface area contributed by atoms with E-state index in [1.807, 2.05) is 41.8 Å². The molecule has 2 aromatic carbocycles. The van der Waals surface area contributed by atoms with Crippen LogP contribution in [0.2, 0.25) is 0 Å². The van der Waals surface area contributed by atoms with Crippen LogP contribution in [0.5, 0.6) is 0 Å². The van der Waals surface area contributed by atoms with Gasteiger partial charge < -0.3 is 5.32 Å². The number of aryl methyl sites for hydroxylation is 1. The van der Waals surface area contributed by atoms with E-state index in [0.29, 0.717) is 10.6 Å². The molecule has 3 rings (SSSR count). The van der Waals surface area contributed by atoms with Gasteiger partial charge >= 0.3 is 0 Å². The van der Waals surface area contributed by atoms with Gasteiger partial charge in [0, 0.05) is 27.3 Å². The third-order valence-electron chi connectivity index (χ3n) is 4.15. The van der Waals surface area contributed by atoms with Crippen LogP contribution in [0.3, 0.4) is 0 Å². The largest absolute Gasteiger partial charge is 0.360 e. The quantitative estimate of drug-likeness (QED) is 0.409. The van der Waals surface area contributed by atoms with E-state index in [4.69, 9.17) is 0 Å². The van der Waals surface area contributed by atoms with Crippen molar-refractivity contribution in [3.8, 4) is 17.3 Å². The predicted molar refractivity (Wildman–Crippen MR) is 118 cm³/mol. The molecule has 0 bridgehead atoms. The molecule has 0 aliphatic rings. The highest BCUT2D eigenvalue weighted by Gasteiger charge is 2.09. The minimum absolute atomic E-state index is 0.526. The topological polar surface area (TPSA) is 48.7 Å². The molecule has 0 saturated heterocycles. The number of hydrogen-bond donors (Lipinski definition) is 1. The first-order valence-electron chi connectivity index (χ1n) is 8.87. The predicted octanol–water partition coefficient (Wildman–Crippen LogP) is 6.89. The molecule has 0 atom stereocenters. The van der Waals surface area contributed by atoms with Gasteiger partial charge in [0.2, 0.25) is 0 Å². The van der Waals surface area contributed by atoms with E-state index in [1.54, 1.807) is 6.20 Å². The molecule has 0 fully saturated rings. The number of hydrogen-bond acceptors (Lipinski definition) is 4. The second kappa shape index (κ2) is 9.50. The minimum Gasteiger partial charge on any atom is -0.360 e. The number of unbranched alkanes of at least 4 members (excludes halogenated alkanes) is 1. The van der Waals surface area contributed by atoms with Crippen molar-refractivity contribution in [1.29, 1.82) is 5.26 Å². The number of nitrogens with one attached hydrogen (secondary N) is 1. The lowest BCUT2D eigenvalue weighted by Crippen LogP contribution is -1.92. The summed E-state index contributed by atoms with van der Waals surface area (Å²) in [4.78, 5) is 4.61. The normalized spacial score (nSPS) is 11.2. The SMILES string of the molecule is CCCCc1ccc(N/C=C(/C#N)c2nc(-c3ccc(Br)cc3)cs2)cc1. The molecule has 1 heterocycles. The summed E-state index contributed by atoms with van der Waals surface area (Å²) in [5.41, 5.74) is 4.75. The maximum absolute atomic E-state index is 9.52. The Labute approximate surface area is 172 Å². The van der Waals surface area contributed by atoms with Crippen LogP contribution >= 0.6 is 27.3 Å². The van der Waals surface area contributed by atoms with Crippen molar-refractivity contribution in [3.63, 3.8) is 0 Å². The molecule has 0 spiro atoms. The number of aromatic nitrogens is 1. The number of allylic oxidation sites excluding steroid dienone is 1. The molecule has 3 nitrogen and oxygen atoms in total. The summed E-state index contributed by atoms with van der Waals surface area (Å²) in [6, 6.07) is 18.6. The first-order valence-corrected chi connectivity index (χ1v) is 10.5. The summed E-state index contributed by atoms with van der Waals surface area (Å²) < 4.78 is 1.03. The fourth-order valence-corrected chi connectivity index (χ4v) is 3.66. The zero-order valence-electron chi connectivity index (χ0n) is 15.1. The van der Waals surface area contributed by atoms with Gasteiger partial charge in [0.05, 0.1) is 5.69 Å². The van der Waals surface area contributed by atoms with Gasteiger partial charge in [-0.15, -0.1) is 11.3 Å². The summed E-state index contributed by atoms with van der Waals surface area (Å²) in [6.07, 6.45) is 5.24. The Kier molecular flexibility index (Phi) is 6.80. The molecule has 3 aromatic rings. The van der Waals surface area contributed by atoms with Crippen molar-refractivity contribution < 1.29 is 0 Å². The second-order valence-corrected chi connectivity index (χ2v) is 7.93. The lowest BCUT2D eigenvalue weighted by molar-refractivity contribution is 0.795. The molecule has 0 aliphatic heterocycles. The highest BCUT2D eigenvalue weighted by atomic mass is 79.9. The van der Waals surface area contributed by atoms with E-state index in [2.05, 4.69) is 51.4 Å². The van der Waals surface area contributed by atoms with Crippen LogP contribution in [0.4, 0.5) is 5.69 Å². The van der Waals surface area contributed by atoms with Gasteiger partial charge in [0.25, 0.3) is 0 Å². The van der Waals surface area contributed by atoms with E-state index in [9.17, 15) is 5.26 Å². The lowest BCUT2D eigenvalue weighted by atomic mass is 10.1. The number of anilines is 1. The van der Waals surface area contributed by atoms with Crippen LogP contribution in [0.15, 0.2) is 64.6 Å². The monoisotopic (exact) mass is 437 g/mol. The Morgan fingerprint density at radius 1 is 1.19 bits per heavy atom. The molecular weight excluding hydrogens is 418 g/mol. The van der Waals surface area contributed by atoms with Crippen molar-refractivity contribution in [2.75, 3.05) is 5.32 Å². The van der Waals surface area contributed by atoms with E-state index in [0.717, 1.165) is 27.8 Å². The van der Waals surface area contributed by atoms with Crippen LogP contribution in [-0.4, -0.2) is 4.98 Å². The zero-order chi connectivity index (χ0) is 19.1. The fraction of sp³-hybridized carbons (Fsp3) is 0.182. The van der Waals surface area contributed by atoms with Crippen molar-refractivity contribution in [2.45, 2.75) is 26.2 Å². The summed E-state index contributed by atoms with van der Waals surface area (Å²) in [5.74, 6) is 0. The highest BCUT2D eigenvalue weighted by Crippen LogP contribution is 2.27. The van der Waals surface area contributed by atoms with E-state index in [1.165, 1.54) is 29.7 Å². The van der Waals surface area contributed by atoms with E-state index in [-0.39, 0.29) is 0 Å². The van der Waals surface area contributed by atoms with Crippen LogP contribution < -0.4 is 5.32 Å². The second-order valence-electron chi connectivity index (χ2n) is 6.16. The van der Waals surface area contributed by atoms with Crippen LogP contribution in [0.1, 0.15) is 30.3 Å². The number of rotatable bonds is 7. The molecule has 27 heavy (non-hydrogen) atoms. The first kappa shape index (κ1) is 19.3. The molecule has 0 amide bonds. The van der Waals surface area contributed by atoms with Crippen LogP contribution in [0, 0.1) is 11.3 Å². The third kappa shape index (κ3) is 5.29. The van der Waals surface area contributed by atoms with Crippen LogP contribution in [0.25, 0.3) is 16.8 Å². The summed E-state index contributed by atoms with van der Waals surface area (Å²) in [5, 5.41) is 15.4. The Balaban J connectivity index is 1.71. The molecule has 0 radical (unpaired) electrons. The van der Waals surface area contributed by atoms with Gasteiger partial charge in [-0.3, -0.25) is 0 Å². The first-order chi connectivity index (χ1) is 13.2. The van der Waals surface area contributed by atoms with Crippen molar-refractivity contribution in [1.82, 2.24) is 4.98 Å². The maximum atomic E-state index is 9.52. The lowest BCUT2D eigenvalue weighted by Gasteiger charge is -2.04. The van der Waals surface area contributed by atoms with Crippen molar-refractivity contribution in [3.05, 3.63) is 75.2 Å². The zero-order valence-corrected chi connectivity index (χ0v) is 17.5. The summed E-state index contributed by atoms with van der Waals surface area (Å²) >= 11 is 4.91. The summed E-state index contributed by atoms with van der Waals surface area (Å²) in [6.45, 7) is 2.20. The van der Waals surface area contributed by atoms with Gasteiger partial charge in [-0.1, -0.05) is 53.5 Å². The number of benzene rings is 2. The van der Waals surface area contributed by atoms with E-state index < -0.39 is 0 Å². The molecule has 136 valence electrons. The Hall–Kier alpha value is -2.42.